The molecular formula is C37H23N3O. The van der Waals surface area contributed by atoms with E-state index in [2.05, 4.69) is 66.7 Å². The van der Waals surface area contributed by atoms with Crippen molar-refractivity contribution < 1.29 is 4.42 Å². The summed E-state index contributed by atoms with van der Waals surface area (Å²) in [6, 6.07) is 47.5. The third kappa shape index (κ3) is 4.05. The average molecular weight is 526 g/mol. The van der Waals surface area contributed by atoms with Gasteiger partial charge in [0, 0.05) is 32.8 Å². The lowest BCUT2D eigenvalue weighted by Crippen LogP contribution is -2.00. The molecule has 0 fully saturated rings. The Kier molecular flexibility index (Phi) is 5.42. The normalized spacial score (nSPS) is 11.4. The average Bonchev–Trinajstić information content (AvgIpc) is 3.44. The maximum absolute atomic E-state index is 6.44. The van der Waals surface area contributed by atoms with Crippen molar-refractivity contribution in [1.82, 2.24) is 15.0 Å². The Hall–Kier alpha value is -5.61. The zero-order valence-corrected chi connectivity index (χ0v) is 22.0. The molecule has 4 heteroatoms. The number of para-hydroxylation sites is 1. The Bertz CT molecular complexity index is 2140. The molecule has 0 unspecified atom stereocenters. The smallest absolute Gasteiger partial charge is 0.164 e. The van der Waals surface area contributed by atoms with Gasteiger partial charge in [0.2, 0.25) is 0 Å². The predicted molar refractivity (Wildman–Crippen MR) is 166 cm³/mol. The van der Waals surface area contributed by atoms with E-state index in [9.17, 15) is 0 Å². The van der Waals surface area contributed by atoms with Crippen molar-refractivity contribution in [2.45, 2.75) is 0 Å². The number of fused-ring (bicyclic) bond motifs is 5. The number of hydrogen-bond acceptors (Lipinski definition) is 4. The lowest BCUT2D eigenvalue weighted by atomic mass is 9.95. The Balaban J connectivity index is 1.33. The number of hydrogen-bond donors (Lipinski definition) is 0. The molecule has 0 N–H and O–H groups in total. The molecule has 0 bridgehead atoms. The van der Waals surface area contributed by atoms with E-state index in [0.29, 0.717) is 17.5 Å². The first-order valence-electron chi connectivity index (χ1n) is 13.6. The fourth-order valence-corrected chi connectivity index (χ4v) is 5.56. The first-order valence-corrected chi connectivity index (χ1v) is 13.6. The van der Waals surface area contributed by atoms with Gasteiger partial charge < -0.3 is 4.42 Å². The van der Waals surface area contributed by atoms with Gasteiger partial charge in [-0.05, 0) is 34.7 Å². The summed E-state index contributed by atoms with van der Waals surface area (Å²) in [5.41, 5.74) is 6.80. The largest absolute Gasteiger partial charge is 0.455 e. The molecule has 0 radical (unpaired) electrons. The maximum Gasteiger partial charge on any atom is 0.164 e. The number of rotatable bonds is 4. The van der Waals surface area contributed by atoms with Crippen molar-refractivity contribution in [3.05, 3.63) is 140 Å². The summed E-state index contributed by atoms with van der Waals surface area (Å²) >= 11 is 0. The van der Waals surface area contributed by atoms with Crippen LogP contribution in [0.3, 0.4) is 0 Å². The third-order valence-corrected chi connectivity index (χ3v) is 7.52. The van der Waals surface area contributed by atoms with Gasteiger partial charge in [0.1, 0.15) is 11.2 Å². The highest BCUT2D eigenvalue weighted by Gasteiger charge is 2.16. The van der Waals surface area contributed by atoms with Crippen LogP contribution in [0.4, 0.5) is 0 Å². The maximum atomic E-state index is 6.44. The second-order valence-electron chi connectivity index (χ2n) is 10.1. The molecule has 0 aliphatic rings. The molecule has 0 amide bonds. The van der Waals surface area contributed by atoms with Crippen molar-refractivity contribution in [3.63, 3.8) is 0 Å². The molecule has 6 aromatic carbocycles. The summed E-state index contributed by atoms with van der Waals surface area (Å²) in [4.78, 5) is 14.7. The highest BCUT2D eigenvalue weighted by Crippen LogP contribution is 2.39. The van der Waals surface area contributed by atoms with Crippen LogP contribution >= 0.6 is 0 Å². The molecule has 0 saturated carbocycles. The van der Waals surface area contributed by atoms with Gasteiger partial charge in [-0.2, -0.15) is 0 Å². The zero-order valence-electron chi connectivity index (χ0n) is 22.0. The molecule has 8 aromatic rings. The SMILES string of the molecule is c1ccc(-c2nc(-c3ccccc3)nc(-c3cccc(-c4cccc5ccc6c7ccccc7oc6c45)c3)n2)cc1. The summed E-state index contributed by atoms with van der Waals surface area (Å²) in [7, 11) is 0. The fraction of sp³-hybridized carbons (Fsp3) is 0. The molecule has 2 aromatic heterocycles. The summed E-state index contributed by atoms with van der Waals surface area (Å²) in [5, 5.41) is 4.48. The first kappa shape index (κ1) is 23.3. The second kappa shape index (κ2) is 9.54. The van der Waals surface area contributed by atoms with Gasteiger partial charge in [0.25, 0.3) is 0 Å². The minimum atomic E-state index is 0.633. The van der Waals surface area contributed by atoms with Crippen LogP contribution in [0.5, 0.6) is 0 Å². The van der Waals surface area contributed by atoms with E-state index >= 15 is 0 Å². The van der Waals surface area contributed by atoms with Gasteiger partial charge in [-0.1, -0.05) is 121 Å². The standard InChI is InChI=1S/C37H23N3O/c1-3-11-25(12-4-1)35-38-36(26-13-5-2-6-14-26)40-37(39-35)28-17-9-16-27(23-28)29-19-10-15-24-21-22-31-30-18-7-8-20-32(30)41-34(31)33(24)29/h1-23H. The van der Waals surface area contributed by atoms with Crippen molar-refractivity contribution in [3.8, 4) is 45.3 Å². The predicted octanol–water partition coefficient (Wildman–Crippen LogP) is 9.59. The Morgan fingerprint density at radius 3 is 1.73 bits per heavy atom. The third-order valence-electron chi connectivity index (χ3n) is 7.52. The van der Waals surface area contributed by atoms with Crippen LogP contribution in [0.25, 0.3) is 78.0 Å². The molecule has 0 atom stereocenters. The number of aromatic nitrogens is 3. The van der Waals surface area contributed by atoms with Crippen molar-refractivity contribution >= 4 is 32.7 Å². The highest BCUT2D eigenvalue weighted by molar-refractivity contribution is 6.18. The molecule has 192 valence electrons. The van der Waals surface area contributed by atoms with Gasteiger partial charge in [0.05, 0.1) is 0 Å². The van der Waals surface area contributed by atoms with Crippen LogP contribution in [-0.4, -0.2) is 15.0 Å². The fourth-order valence-electron chi connectivity index (χ4n) is 5.56. The Morgan fingerprint density at radius 1 is 0.415 bits per heavy atom. The highest BCUT2D eigenvalue weighted by atomic mass is 16.3. The molecule has 2 heterocycles. The van der Waals surface area contributed by atoms with Crippen LogP contribution in [0.1, 0.15) is 0 Å². The van der Waals surface area contributed by atoms with E-state index in [4.69, 9.17) is 19.4 Å². The molecule has 0 aliphatic carbocycles. The van der Waals surface area contributed by atoms with Crippen LogP contribution in [-0.2, 0) is 0 Å². The van der Waals surface area contributed by atoms with Gasteiger partial charge in [0.15, 0.2) is 17.5 Å². The summed E-state index contributed by atoms with van der Waals surface area (Å²) in [6.07, 6.45) is 0. The van der Waals surface area contributed by atoms with Crippen molar-refractivity contribution in [2.24, 2.45) is 0 Å². The van der Waals surface area contributed by atoms with Gasteiger partial charge >= 0.3 is 0 Å². The van der Waals surface area contributed by atoms with E-state index in [1.807, 2.05) is 72.8 Å². The van der Waals surface area contributed by atoms with Gasteiger partial charge in [-0.25, -0.2) is 15.0 Å². The van der Waals surface area contributed by atoms with Crippen LogP contribution in [0.2, 0.25) is 0 Å². The topological polar surface area (TPSA) is 51.8 Å². The Labute approximate surface area is 236 Å². The second-order valence-corrected chi connectivity index (χ2v) is 10.1. The van der Waals surface area contributed by atoms with E-state index in [1.165, 1.54) is 0 Å². The lowest BCUT2D eigenvalue weighted by Gasteiger charge is -2.11. The molecule has 4 nitrogen and oxygen atoms in total. The number of furan rings is 1. The number of benzene rings is 6. The van der Waals surface area contributed by atoms with Crippen LogP contribution in [0.15, 0.2) is 144 Å². The van der Waals surface area contributed by atoms with Crippen LogP contribution in [0, 0.1) is 0 Å². The quantitative estimate of drug-likeness (QED) is 0.230. The first-order chi connectivity index (χ1) is 20.3. The molecule has 41 heavy (non-hydrogen) atoms. The van der Waals surface area contributed by atoms with E-state index < -0.39 is 0 Å². The molecule has 8 rings (SSSR count). The summed E-state index contributed by atoms with van der Waals surface area (Å²) in [5.74, 6) is 1.93. The monoisotopic (exact) mass is 525 g/mol. The number of nitrogens with zero attached hydrogens (tertiary/aromatic N) is 3. The van der Waals surface area contributed by atoms with E-state index in [-0.39, 0.29) is 0 Å². The van der Waals surface area contributed by atoms with E-state index in [0.717, 1.165) is 60.5 Å². The van der Waals surface area contributed by atoms with Crippen molar-refractivity contribution in [2.75, 3.05) is 0 Å². The van der Waals surface area contributed by atoms with Crippen LogP contribution < -0.4 is 0 Å². The molecule has 0 saturated heterocycles. The molecular weight excluding hydrogens is 502 g/mol. The lowest BCUT2D eigenvalue weighted by molar-refractivity contribution is 0.673. The minimum absolute atomic E-state index is 0.633. The van der Waals surface area contributed by atoms with Crippen molar-refractivity contribution in [1.29, 1.82) is 0 Å². The molecule has 0 spiro atoms. The zero-order chi connectivity index (χ0) is 27.2. The minimum Gasteiger partial charge on any atom is -0.455 e. The summed E-state index contributed by atoms with van der Waals surface area (Å²) in [6.45, 7) is 0. The van der Waals surface area contributed by atoms with E-state index in [1.54, 1.807) is 0 Å². The van der Waals surface area contributed by atoms with Gasteiger partial charge in [-0.3, -0.25) is 0 Å². The Morgan fingerprint density at radius 2 is 1.00 bits per heavy atom. The van der Waals surface area contributed by atoms with Gasteiger partial charge in [-0.15, -0.1) is 0 Å². The summed E-state index contributed by atoms with van der Waals surface area (Å²) < 4.78 is 6.44. The molecule has 0 aliphatic heterocycles.